The number of nitrogens with zero attached hydrogens (tertiary/aromatic N) is 1. The number of primary amides is 1. The molecule has 0 bridgehead atoms. The molecule has 4 nitrogen and oxygen atoms in total. The standard InChI is InChI=1S/C13H16Cl2FN3O/c1-13(12(17)20,19-4-2-18-3-5-19)8-6-11(16)10(15)7-9(8)14/h6-7,18H,2-5H2,1H3,(H2,17,20). The molecule has 110 valence electrons. The van der Waals surface area contributed by atoms with Gasteiger partial charge in [-0.2, -0.15) is 0 Å². The zero-order valence-electron chi connectivity index (χ0n) is 11.0. The normalized spacial score (nSPS) is 19.6. The van der Waals surface area contributed by atoms with Gasteiger partial charge >= 0.3 is 0 Å². The lowest BCUT2D eigenvalue weighted by Gasteiger charge is -2.42. The fourth-order valence-electron chi connectivity index (χ4n) is 2.47. The molecule has 0 saturated carbocycles. The lowest BCUT2D eigenvalue weighted by atomic mass is 9.88. The summed E-state index contributed by atoms with van der Waals surface area (Å²) in [5.74, 6) is -1.18. The van der Waals surface area contributed by atoms with Crippen molar-refractivity contribution in [2.24, 2.45) is 5.73 Å². The molecule has 1 aromatic rings. The second kappa shape index (κ2) is 5.85. The number of hydrogen-bond acceptors (Lipinski definition) is 3. The van der Waals surface area contributed by atoms with Crippen molar-refractivity contribution in [2.45, 2.75) is 12.5 Å². The minimum absolute atomic E-state index is 0.0779. The number of halogens is 3. The number of carbonyl (C=O) groups is 1. The Bertz CT molecular complexity index is 535. The second-order valence-corrected chi connectivity index (χ2v) is 5.73. The number of hydrogen-bond donors (Lipinski definition) is 2. The maximum atomic E-state index is 13.7. The van der Waals surface area contributed by atoms with Crippen molar-refractivity contribution in [3.8, 4) is 0 Å². The van der Waals surface area contributed by atoms with Crippen LogP contribution >= 0.6 is 23.2 Å². The minimum Gasteiger partial charge on any atom is -0.368 e. The molecule has 0 spiro atoms. The molecule has 0 aromatic heterocycles. The molecule has 1 aliphatic rings. The summed E-state index contributed by atoms with van der Waals surface area (Å²) < 4.78 is 13.7. The Hall–Kier alpha value is -0.880. The third-order valence-electron chi connectivity index (χ3n) is 3.76. The van der Waals surface area contributed by atoms with Crippen LogP contribution in [0.3, 0.4) is 0 Å². The molecule has 3 N–H and O–H groups in total. The van der Waals surface area contributed by atoms with Crippen LogP contribution in [0.4, 0.5) is 4.39 Å². The molecule has 1 atom stereocenters. The van der Waals surface area contributed by atoms with Crippen LogP contribution in [0, 0.1) is 5.82 Å². The van der Waals surface area contributed by atoms with Gasteiger partial charge in [0, 0.05) is 36.8 Å². The average molecular weight is 320 g/mol. The Morgan fingerprint density at radius 3 is 2.50 bits per heavy atom. The van der Waals surface area contributed by atoms with E-state index in [1.807, 2.05) is 4.90 Å². The van der Waals surface area contributed by atoms with E-state index in [0.717, 1.165) is 13.1 Å². The maximum Gasteiger partial charge on any atom is 0.242 e. The molecule has 1 fully saturated rings. The zero-order chi connectivity index (χ0) is 14.9. The molecule has 1 aromatic carbocycles. The average Bonchev–Trinajstić information content (AvgIpc) is 2.42. The topological polar surface area (TPSA) is 58.4 Å². The molecule has 1 heterocycles. The van der Waals surface area contributed by atoms with Gasteiger partial charge in [-0.05, 0) is 19.1 Å². The molecule has 2 rings (SSSR count). The zero-order valence-corrected chi connectivity index (χ0v) is 12.6. The van der Waals surface area contributed by atoms with Gasteiger partial charge in [0.15, 0.2) is 0 Å². The predicted molar refractivity (Wildman–Crippen MR) is 77.4 cm³/mol. The van der Waals surface area contributed by atoms with Gasteiger partial charge in [-0.15, -0.1) is 0 Å². The van der Waals surface area contributed by atoms with Gasteiger partial charge in [0.25, 0.3) is 0 Å². The van der Waals surface area contributed by atoms with Crippen molar-refractivity contribution in [1.82, 2.24) is 10.2 Å². The number of benzene rings is 1. The smallest absolute Gasteiger partial charge is 0.242 e. The Kier molecular flexibility index (Phi) is 4.54. The molecule has 0 radical (unpaired) electrons. The molecule has 1 saturated heterocycles. The van der Waals surface area contributed by atoms with Crippen molar-refractivity contribution >= 4 is 29.1 Å². The van der Waals surface area contributed by atoms with Crippen LogP contribution < -0.4 is 11.1 Å². The van der Waals surface area contributed by atoms with Crippen LogP contribution in [0.1, 0.15) is 12.5 Å². The lowest BCUT2D eigenvalue weighted by molar-refractivity contribution is -0.130. The number of carbonyl (C=O) groups excluding carboxylic acids is 1. The van der Waals surface area contributed by atoms with Crippen LogP contribution in [0.2, 0.25) is 10.0 Å². The summed E-state index contributed by atoms with van der Waals surface area (Å²) in [6, 6.07) is 2.49. The van der Waals surface area contributed by atoms with Crippen molar-refractivity contribution in [3.05, 3.63) is 33.6 Å². The third-order valence-corrected chi connectivity index (χ3v) is 4.37. The number of rotatable bonds is 3. The second-order valence-electron chi connectivity index (χ2n) is 4.92. The molecule has 1 amide bonds. The quantitative estimate of drug-likeness (QED) is 0.834. The van der Waals surface area contributed by atoms with E-state index in [1.165, 1.54) is 12.1 Å². The third kappa shape index (κ3) is 2.63. The minimum atomic E-state index is -1.16. The van der Waals surface area contributed by atoms with Crippen molar-refractivity contribution in [3.63, 3.8) is 0 Å². The highest BCUT2D eigenvalue weighted by atomic mass is 35.5. The highest BCUT2D eigenvalue weighted by molar-refractivity contribution is 6.35. The molecule has 0 aliphatic carbocycles. The first-order valence-corrected chi connectivity index (χ1v) is 7.03. The van der Waals surface area contributed by atoms with Gasteiger partial charge in [0.1, 0.15) is 11.4 Å². The van der Waals surface area contributed by atoms with Crippen LogP contribution in [-0.4, -0.2) is 37.0 Å². The number of nitrogens with one attached hydrogen (secondary N) is 1. The van der Waals surface area contributed by atoms with Gasteiger partial charge < -0.3 is 11.1 Å². The number of amides is 1. The fraction of sp³-hybridized carbons (Fsp3) is 0.462. The van der Waals surface area contributed by atoms with Gasteiger partial charge in [-0.25, -0.2) is 4.39 Å². The highest BCUT2D eigenvalue weighted by Gasteiger charge is 2.42. The Morgan fingerprint density at radius 1 is 1.35 bits per heavy atom. The Balaban J connectivity index is 2.52. The first kappa shape index (κ1) is 15.5. The van der Waals surface area contributed by atoms with Crippen molar-refractivity contribution in [2.75, 3.05) is 26.2 Å². The van der Waals surface area contributed by atoms with E-state index in [4.69, 9.17) is 28.9 Å². The van der Waals surface area contributed by atoms with E-state index in [-0.39, 0.29) is 10.0 Å². The van der Waals surface area contributed by atoms with Crippen LogP contribution in [-0.2, 0) is 10.3 Å². The van der Waals surface area contributed by atoms with E-state index in [0.29, 0.717) is 18.7 Å². The van der Waals surface area contributed by atoms with Crippen LogP contribution in [0.25, 0.3) is 0 Å². The van der Waals surface area contributed by atoms with Crippen LogP contribution in [0.15, 0.2) is 12.1 Å². The summed E-state index contributed by atoms with van der Waals surface area (Å²) >= 11 is 11.9. The monoisotopic (exact) mass is 319 g/mol. The highest BCUT2D eigenvalue weighted by Crippen LogP contribution is 2.36. The summed E-state index contributed by atoms with van der Waals surface area (Å²) in [5, 5.41) is 3.35. The lowest BCUT2D eigenvalue weighted by Crippen LogP contribution is -2.58. The summed E-state index contributed by atoms with van der Waals surface area (Å²) in [7, 11) is 0. The van der Waals surface area contributed by atoms with Gasteiger partial charge in [0.2, 0.25) is 5.91 Å². The largest absolute Gasteiger partial charge is 0.368 e. The van der Waals surface area contributed by atoms with Gasteiger partial charge in [0.05, 0.1) is 5.02 Å². The maximum absolute atomic E-state index is 13.7. The first-order valence-electron chi connectivity index (χ1n) is 6.28. The number of nitrogens with two attached hydrogens (primary N) is 1. The molecule has 20 heavy (non-hydrogen) atoms. The summed E-state index contributed by atoms with van der Waals surface area (Å²) in [4.78, 5) is 13.9. The van der Waals surface area contributed by atoms with Crippen LogP contribution in [0.5, 0.6) is 0 Å². The van der Waals surface area contributed by atoms with Crippen molar-refractivity contribution in [1.29, 1.82) is 0 Å². The molecule has 1 aliphatic heterocycles. The summed E-state index contributed by atoms with van der Waals surface area (Å²) in [6.07, 6.45) is 0. The Labute approximate surface area is 127 Å². The van der Waals surface area contributed by atoms with Gasteiger partial charge in [-0.3, -0.25) is 9.69 Å². The van der Waals surface area contributed by atoms with E-state index < -0.39 is 17.3 Å². The molecular weight excluding hydrogens is 304 g/mol. The Morgan fingerprint density at radius 2 is 1.95 bits per heavy atom. The SMILES string of the molecule is CC(C(N)=O)(c1cc(F)c(Cl)cc1Cl)N1CCNCC1. The van der Waals surface area contributed by atoms with E-state index in [1.54, 1.807) is 6.92 Å². The summed E-state index contributed by atoms with van der Waals surface area (Å²) in [5.41, 5.74) is 4.76. The van der Waals surface area contributed by atoms with E-state index >= 15 is 0 Å². The summed E-state index contributed by atoms with van der Waals surface area (Å²) in [6.45, 7) is 4.38. The fourth-order valence-corrected chi connectivity index (χ4v) is 3.03. The van der Waals surface area contributed by atoms with Gasteiger partial charge in [-0.1, -0.05) is 23.2 Å². The van der Waals surface area contributed by atoms with Crippen molar-refractivity contribution < 1.29 is 9.18 Å². The molecule has 7 heteroatoms. The molecular formula is C13H16Cl2FN3O. The van der Waals surface area contributed by atoms with E-state index in [9.17, 15) is 9.18 Å². The number of piperazine rings is 1. The first-order chi connectivity index (χ1) is 9.37. The molecule has 1 unspecified atom stereocenters. The predicted octanol–water partition coefficient (Wildman–Crippen LogP) is 1.74. The van der Waals surface area contributed by atoms with E-state index in [2.05, 4.69) is 5.32 Å².